The molecule has 4 nitrogen and oxygen atoms in total. The van der Waals surface area contributed by atoms with E-state index in [4.69, 9.17) is 9.73 Å². The van der Waals surface area contributed by atoms with Crippen LogP contribution in [0.15, 0.2) is 82.7 Å². The predicted octanol–water partition coefficient (Wildman–Crippen LogP) is 6.71. The molecule has 31 heavy (non-hydrogen) atoms. The van der Waals surface area contributed by atoms with Crippen molar-refractivity contribution in [2.45, 2.75) is 6.54 Å². The lowest BCUT2D eigenvalue weighted by Crippen LogP contribution is -2.28. The van der Waals surface area contributed by atoms with Crippen molar-refractivity contribution in [2.75, 3.05) is 7.11 Å². The van der Waals surface area contributed by atoms with Crippen LogP contribution in [0.4, 0.5) is 5.69 Å². The van der Waals surface area contributed by atoms with E-state index in [-0.39, 0.29) is 5.91 Å². The fourth-order valence-electron chi connectivity index (χ4n) is 3.12. The molecule has 0 atom stereocenters. The second-order valence-corrected chi connectivity index (χ2v) is 10.1. The molecule has 1 saturated heterocycles. The largest absolute Gasteiger partial charge is 0.495 e. The molecule has 3 aromatic rings. The first kappa shape index (κ1) is 22.3. The number of amides is 1. The highest BCUT2D eigenvalue weighted by molar-refractivity contribution is 14.1. The van der Waals surface area contributed by atoms with E-state index in [2.05, 4.69) is 45.2 Å². The molecule has 156 valence electrons. The Morgan fingerprint density at radius 3 is 2.23 bits per heavy atom. The molecular formula is C24H18I2N2O2S. The predicted molar refractivity (Wildman–Crippen MR) is 145 cm³/mol. The molecule has 0 unspecified atom stereocenters. The third kappa shape index (κ3) is 5.32. The molecule has 1 heterocycles. The number of halogens is 2. The number of benzene rings is 3. The van der Waals surface area contributed by atoms with Gasteiger partial charge in [-0.15, -0.1) is 0 Å². The van der Waals surface area contributed by atoms with Crippen LogP contribution in [-0.4, -0.2) is 23.1 Å². The van der Waals surface area contributed by atoms with E-state index in [9.17, 15) is 4.79 Å². The Kier molecular flexibility index (Phi) is 7.34. The van der Waals surface area contributed by atoms with Crippen molar-refractivity contribution in [1.82, 2.24) is 4.90 Å². The van der Waals surface area contributed by atoms with E-state index in [0.29, 0.717) is 16.6 Å². The highest BCUT2D eigenvalue weighted by Crippen LogP contribution is 2.36. The van der Waals surface area contributed by atoms with Crippen molar-refractivity contribution in [1.29, 1.82) is 0 Å². The van der Waals surface area contributed by atoms with E-state index in [1.54, 1.807) is 12.0 Å². The van der Waals surface area contributed by atoms with Crippen LogP contribution in [0.3, 0.4) is 0 Å². The van der Waals surface area contributed by atoms with Crippen molar-refractivity contribution >= 4 is 79.8 Å². The van der Waals surface area contributed by atoms with Gasteiger partial charge in [-0.25, -0.2) is 4.99 Å². The van der Waals surface area contributed by atoms with Gasteiger partial charge in [0.25, 0.3) is 5.91 Å². The number of hydrogen-bond acceptors (Lipinski definition) is 4. The maximum atomic E-state index is 13.3. The molecule has 1 amide bonds. The lowest BCUT2D eigenvalue weighted by atomic mass is 10.2. The first-order valence-corrected chi connectivity index (χ1v) is 12.4. The van der Waals surface area contributed by atoms with Gasteiger partial charge in [0.2, 0.25) is 0 Å². The number of aliphatic imine (C=N–C) groups is 1. The van der Waals surface area contributed by atoms with Gasteiger partial charge >= 0.3 is 0 Å². The third-order valence-corrected chi connectivity index (χ3v) is 7.18. The van der Waals surface area contributed by atoms with Gasteiger partial charge in [0.05, 0.1) is 31.4 Å². The summed E-state index contributed by atoms with van der Waals surface area (Å²) >= 11 is 5.92. The van der Waals surface area contributed by atoms with E-state index in [1.807, 2.05) is 78.9 Å². The summed E-state index contributed by atoms with van der Waals surface area (Å²) in [6.07, 6.45) is 1.93. The molecule has 0 bridgehead atoms. The summed E-state index contributed by atoms with van der Waals surface area (Å²) in [5.41, 5.74) is 2.85. The van der Waals surface area contributed by atoms with E-state index in [0.717, 1.165) is 29.7 Å². The molecule has 0 aliphatic carbocycles. The zero-order chi connectivity index (χ0) is 21.8. The molecule has 4 rings (SSSR count). The first-order valence-electron chi connectivity index (χ1n) is 9.47. The molecule has 0 spiro atoms. The molecule has 0 saturated carbocycles. The molecule has 1 fully saturated rings. The van der Waals surface area contributed by atoms with Crippen LogP contribution in [0.5, 0.6) is 5.75 Å². The Hall–Kier alpha value is -1.85. The quantitative estimate of drug-likeness (QED) is 0.228. The number of rotatable bonds is 5. The molecule has 7 heteroatoms. The maximum Gasteiger partial charge on any atom is 0.267 e. The molecule has 0 radical (unpaired) electrons. The Bertz CT molecular complexity index is 1140. The smallest absolute Gasteiger partial charge is 0.267 e. The van der Waals surface area contributed by atoms with Crippen molar-refractivity contribution < 1.29 is 9.53 Å². The highest BCUT2D eigenvalue weighted by Gasteiger charge is 2.33. The minimum atomic E-state index is -0.0376. The summed E-state index contributed by atoms with van der Waals surface area (Å²) in [6.45, 7) is 0.480. The van der Waals surface area contributed by atoms with Crippen molar-refractivity contribution in [2.24, 2.45) is 4.99 Å². The first-order chi connectivity index (χ1) is 15.0. The van der Waals surface area contributed by atoms with Crippen molar-refractivity contribution in [3.05, 3.63) is 96.0 Å². The molecule has 1 aliphatic heterocycles. The summed E-state index contributed by atoms with van der Waals surface area (Å²) in [5.74, 6) is 0.815. The lowest BCUT2D eigenvalue weighted by molar-refractivity contribution is -0.122. The van der Waals surface area contributed by atoms with Crippen LogP contribution in [0.1, 0.15) is 11.1 Å². The zero-order valence-corrected chi connectivity index (χ0v) is 21.7. The standard InChI is InChI=1S/C24H18I2N2O2S/c1-30-22-19(25)12-17(13-20(22)26)14-21-23(29)28(15-16-8-4-2-5-9-16)24(31-21)27-18-10-6-3-7-11-18/h2-14H,15H2,1H3/b21-14+,27-24?. The zero-order valence-electron chi connectivity index (χ0n) is 16.6. The van der Waals surface area contributed by atoms with Crippen LogP contribution in [0.25, 0.3) is 6.08 Å². The van der Waals surface area contributed by atoms with Gasteiger partial charge in [-0.1, -0.05) is 48.5 Å². The number of methoxy groups -OCH3 is 1. The van der Waals surface area contributed by atoms with Crippen molar-refractivity contribution in [3.63, 3.8) is 0 Å². The second kappa shape index (κ2) is 10.2. The Morgan fingerprint density at radius 1 is 1.00 bits per heavy atom. The summed E-state index contributed by atoms with van der Waals surface area (Å²) in [5, 5.41) is 0.684. The van der Waals surface area contributed by atoms with Gasteiger partial charge in [0, 0.05) is 0 Å². The minimum absolute atomic E-state index is 0.0376. The van der Waals surface area contributed by atoms with E-state index >= 15 is 0 Å². The number of amidine groups is 1. The van der Waals surface area contributed by atoms with E-state index in [1.165, 1.54) is 11.8 Å². The summed E-state index contributed by atoms with van der Waals surface area (Å²) in [7, 11) is 1.67. The summed E-state index contributed by atoms with van der Waals surface area (Å²) in [4.78, 5) is 20.5. The van der Waals surface area contributed by atoms with Gasteiger partial charge in [-0.05, 0) is 98.4 Å². The summed E-state index contributed by atoms with van der Waals surface area (Å²) < 4.78 is 7.47. The number of ether oxygens (including phenoxy) is 1. The highest BCUT2D eigenvalue weighted by atomic mass is 127. The number of nitrogens with zero attached hydrogens (tertiary/aromatic N) is 2. The number of hydrogen-bond donors (Lipinski definition) is 0. The van der Waals surface area contributed by atoms with Gasteiger partial charge < -0.3 is 4.74 Å². The van der Waals surface area contributed by atoms with Gasteiger partial charge in [0.1, 0.15) is 5.75 Å². The number of carbonyl (C=O) groups excluding carboxylic acids is 1. The topological polar surface area (TPSA) is 41.9 Å². The average molecular weight is 652 g/mol. The summed E-state index contributed by atoms with van der Waals surface area (Å²) in [6, 6.07) is 23.8. The third-order valence-electron chi connectivity index (χ3n) is 4.58. The number of para-hydroxylation sites is 1. The molecular weight excluding hydrogens is 634 g/mol. The fraction of sp³-hybridized carbons (Fsp3) is 0.0833. The van der Waals surface area contributed by atoms with Crippen LogP contribution >= 0.6 is 56.9 Å². The number of carbonyl (C=O) groups is 1. The van der Waals surface area contributed by atoms with Gasteiger partial charge in [-0.3, -0.25) is 9.69 Å². The van der Waals surface area contributed by atoms with Crippen LogP contribution in [0, 0.1) is 7.14 Å². The van der Waals surface area contributed by atoms with Crippen LogP contribution in [-0.2, 0) is 11.3 Å². The van der Waals surface area contributed by atoms with Crippen molar-refractivity contribution in [3.8, 4) is 5.75 Å². The number of thioether (sulfide) groups is 1. The second-order valence-electron chi connectivity index (χ2n) is 6.74. The van der Waals surface area contributed by atoms with Crippen LogP contribution < -0.4 is 4.74 Å². The monoisotopic (exact) mass is 652 g/mol. The average Bonchev–Trinajstić information content (AvgIpc) is 3.04. The SMILES string of the molecule is COc1c(I)cc(/C=C2/SC(=Nc3ccccc3)N(Cc3ccccc3)C2=O)cc1I. The lowest BCUT2D eigenvalue weighted by Gasteiger charge is -2.15. The normalized spacial score (nSPS) is 16.4. The molecule has 1 aliphatic rings. The molecule has 0 aromatic heterocycles. The Morgan fingerprint density at radius 2 is 1.61 bits per heavy atom. The van der Waals surface area contributed by atoms with Gasteiger partial charge in [0.15, 0.2) is 5.17 Å². The molecule has 0 N–H and O–H groups in total. The van der Waals surface area contributed by atoms with Gasteiger partial charge in [-0.2, -0.15) is 0 Å². The van der Waals surface area contributed by atoms with E-state index < -0.39 is 0 Å². The Labute approximate surface area is 213 Å². The maximum absolute atomic E-state index is 13.3. The fourth-order valence-corrected chi connectivity index (χ4v) is 6.37. The Balaban J connectivity index is 1.71. The molecule has 3 aromatic carbocycles. The minimum Gasteiger partial charge on any atom is -0.495 e. The van der Waals surface area contributed by atoms with Crippen LogP contribution in [0.2, 0.25) is 0 Å².